The molecule has 8 rings (SSSR count). The highest BCUT2D eigenvalue weighted by Crippen LogP contribution is 2.60. The number of amides is 4. The van der Waals surface area contributed by atoms with Crippen LogP contribution in [0.1, 0.15) is 55.2 Å². The molecule has 7 nitrogen and oxygen atoms in total. The molecule has 3 aromatic rings. The molecular formula is C35H33FN2O5. The van der Waals surface area contributed by atoms with E-state index in [2.05, 4.69) is 17.4 Å². The Balaban J connectivity index is 1.11. The molecule has 4 saturated carbocycles. The molecular weight excluding hydrogens is 547 g/mol. The number of benzene rings is 3. The van der Waals surface area contributed by atoms with E-state index < -0.39 is 17.8 Å². The molecule has 0 aromatic heterocycles. The van der Waals surface area contributed by atoms with Crippen molar-refractivity contribution in [3.63, 3.8) is 0 Å². The predicted molar refractivity (Wildman–Crippen MR) is 159 cm³/mol. The third kappa shape index (κ3) is 5.09. The first-order valence-electron chi connectivity index (χ1n) is 14.9. The zero-order valence-electron chi connectivity index (χ0n) is 24.0. The van der Waals surface area contributed by atoms with E-state index in [4.69, 9.17) is 9.47 Å². The molecule has 4 amide bonds. The van der Waals surface area contributed by atoms with Crippen LogP contribution in [0.15, 0.2) is 72.3 Å². The number of halogens is 1. The minimum atomic E-state index is -0.770. The lowest BCUT2D eigenvalue weighted by Gasteiger charge is -2.57. The van der Waals surface area contributed by atoms with Crippen molar-refractivity contribution < 1.29 is 28.2 Å². The number of methoxy groups -OCH3 is 1. The second-order valence-electron chi connectivity index (χ2n) is 12.5. The van der Waals surface area contributed by atoms with Crippen LogP contribution in [0.5, 0.6) is 11.5 Å². The summed E-state index contributed by atoms with van der Waals surface area (Å²) in [5, 5.41) is 2.31. The summed E-state index contributed by atoms with van der Waals surface area (Å²) in [4.78, 5) is 40.2. The summed E-state index contributed by atoms with van der Waals surface area (Å²) in [6.45, 7) is 0.133. The summed E-state index contributed by atoms with van der Waals surface area (Å²) in [5.74, 6) is 1.43. The van der Waals surface area contributed by atoms with E-state index in [0.717, 1.165) is 22.7 Å². The number of hydrogen-bond donors (Lipinski definition) is 1. The lowest BCUT2D eigenvalue weighted by molar-refractivity contribution is -0.122. The van der Waals surface area contributed by atoms with Gasteiger partial charge in [-0.1, -0.05) is 30.3 Å². The fourth-order valence-electron chi connectivity index (χ4n) is 8.17. The number of nitrogens with zero attached hydrogens (tertiary/aromatic N) is 1. The van der Waals surface area contributed by atoms with Crippen LogP contribution in [-0.4, -0.2) is 25.0 Å². The van der Waals surface area contributed by atoms with Gasteiger partial charge in [0.2, 0.25) is 0 Å². The number of carbonyl (C=O) groups is 3. The lowest BCUT2D eigenvalue weighted by atomic mass is 9.48. The summed E-state index contributed by atoms with van der Waals surface area (Å²) in [6, 6.07) is 18.1. The highest BCUT2D eigenvalue weighted by Gasteiger charge is 2.51. The van der Waals surface area contributed by atoms with Gasteiger partial charge in [-0.2, -0.15) is 0 Å². The van der Waals surface area contributed by atoms with Crippen LogP contribution >= 0.6 is 0 Å². The minimum Gasteiger partial charge on any atom is -0.493 e. The maximum atomic E-state index is 13.6. The van der Waals surface area contributed by atoms with Crippen molar-refractivity contribution in [1.29, 1.82) is 0 Å². The van der Waals surface area contributed by atoms with Gasteiger partial charge in [0.15, 0.2) is 11.5 Å². The van der Waals surface area contributed by atoms with Crippen molar-refractivity contribution in [2.45, 2.75) is 50.5 Å². The van der Waals surface area contributed by atoms with E-state index in [-0.39, 0.29) is 23.4 Å². The third-order valence-corrected chi connectivity index (χ3v) is 9.66. The molecule has 220 valence electrons. The van der Waals surface area contributed by atoms with Crippen molar-refractivity contribution in [2.75, 3.05) is 12.0 Å². The molecule has 8 heteroatoms. The van der Waals surface area contributed by atoms with E-state index in [1.807, 2.05) is 12.1 Å². The first-order chi connectivity index (χ1) is 20.8. The SMILES string of the molecule is COc1cc(/C=C2\C(=O)NC(=O)N(c3ccc(C45CC6CC(CC(C6)C4)C5)cc3)C2=O)ccc1OCc1cccc(F)c1. The Labute approximate surface area is 249 Å². The van der Waals surface area contributed by atoms with Gasteiger partial charge >= 0.3 is 6.03 Å². The molecule has 43 heavy (non-hydrogen) atoms. The standard InChI is InChI=1S/C35H33FN2O5/c1-42-31-16-21(5-10-30(31)43-20-22-3-2-4-27(36)14-22)15-29-32(39)37-34(41)38(33(29)40)28-8-6-26(7-9-28)35-17-23-11-24(18-35)13-25(12-23)19-35/h2-10,14-16,23-25H,11-13,17-20H2,1H3,(H,37,39,41)/b29-15+. The Bertz CT molecular complexity index is 1610. The number of rotatable bonds is 7. The molecule has 0 radical (unpaired) electrons. The van der Waals surface area contributed by atoms with Crippen LogP contribution in [0.25, 0.3) is 6.08 Å². The van der Waals surface area contributed by atoms with Gasteiger partial charge in [0.1, 0.15) is 18.0 Å². The first kappa shape index (κ1) is 27.4. The Morgan fingerprint density at radius 3 is 2.26 bits per heavy atom. The number of anilines is 1. The van der Waals surface area contributed by atoms with Gasteiger partial charge < -0.3 is 9.47 Å². The number of nitrogens with one attached hydrogen (secondary N) is 1. The van der Waals surface area contributed by atoms with E-state index in [0.29, 0.717) is 28.3 Å². The smallest absolute Gasteiger partial charge is 0.335 e. The van der Waals surface area contributed by atoms with E-state index >= 15 is 0 Å². The van der Waals surface area contributed by atoms with Crippen LogP contribution in [0, 0.1) is 23.6 Å². The maximum Gasteiger partial charge on any atom is 0.335 e. The first-order valence-corrected chi connectivity index (χ1v) is 14.9. The molecule has 0 unspecified atom stereocenters. The van der Waals surface area contributed by atoms with Crippen LogP contribution in [0.4, 0.5) is 14.9 Å². The molecule has 5 fully saturated rings. The average Bonchev–Trinajstić information content (AvgIpc) is 2.98. The van der Waals surface area contributed by atoms with Gasteiger partial charge in [-0.05, 0) is 121 Å². The van der Waals surface area contributed by atoms with Crippen molar-refractivity contribution in [2.24, 2.45) is 17.8 Å². The summed E-state index contributed by atoms with van der Waals surface area (Å²) in [5.41, 5.74) is 2.93. The largest absolute Gasteiger partial charge is 0.493 e. The van der Waals surface area contributed by atoms with E-state index in [9.17, 15) is 18.8 Å². The van der Waals surface area contributed by atoms with Gasteiger partial charge in [0.05, 0.1) is 12.8 Å². The highest BCUT2D eigenvalue weighted by atomic mass is 19.1. The molecule has 1 saturated heterocycles. The second-order valence-corrected chi connectivity index (χ2v) is 12.5. The summed E-state index contributed by atoms with van der Waals surface area (Å²) in [7, 11) is 1.48. The van der Waals surface area contributed by atoms with Gasteiger partial charge in [-0.25, -0.2) is 14.1 Å². The average molecular weight is 581 g/mol. The molecule has 1 heterocycles. The summed E-state index contributed by atoms with van der Waals surface area (Å²) >= 11 is 0. The zero-order chi connectivity index (χ0) is 29.7. The second kappa shape index (κ2) is 10.7. The topological polar surface area (TPSA) is 84.9 Å². The molecule has 4 bridgehead atoms. The van der Waals surface area contributed by atoms with Gasteiger partial charge in [-0.15, -0.1) is 0 Å². The van der Waals surface area contributed by atoms with E-state index in [1.54, 1.807) is 30.3 Å². The van der Waals surface area contributed by atoms with Crippen LogP contribution in [0.3, 0.4) is 0 Å². The van der Waals surface area contributed by atoms with Crippen molar-refractivity contribution in [3.8, 4) is 11.5 Å². The number of barbiturate groups is 1. The highest BCUT2D eigenvalue weighted by molar-refractivity contribution is 6.39. The Morgan fingerprint density at radius 1 is 0.907 bits per heavy atom. The number of hydrogen-bond acceptors (Lipinski definition) is 5. The molecule has 0 spiro atoms. The maximum absolute atomic E-state index is 13.6. The van der Waals surface area contributed by atoms with Crippen LogP contribution in [0.2, 0.25) is 0 Å². The Kier molecular flexibility index (Phi) is 6.79. The molecule has 4 aliphatic carbocycles. The molecule has 1 aliphatic heterocycles. The monoisotopic (exact) mass is 580 g/mol. The van der Waals surface area contributed by atoms with Crippen molar-refractivity contribution >= 4 is 29.6 Å². The van der Waals surface area contributed by atoms with Crippen molar-refractivity contribution in [1.82, 2.24) is 5.32 Å². The summed E-state index contributed by atoms with van der Waals surface area (Å²) < 4.78 is 24.8. The summed E-state index contributed by atoms with van der Waals surface area (Å²) in [6.07, 6.45) is 9.18. The van der Waals surface area contributed by atoms with Crippen LogP contribution < -0.4 is 19.7 Å². The van der Waals surface area contributed by atoms with Gasteiger partial charge in [0.25, 0.3) is 11.8 Å². The number of ether oxygens (including phenoxy) is 2. The van der Waals surface area contributed by atoms with Crippen molar-refractivity contribution in [3.05, 3.63) is 94.8 Å². The molecule has 1 N–H and O–H groups in total. The fraction of sp³-hybridized carbons (Fsp3) is 0.343. The fourth-order valence-corrected chi connectivity index (χ4v) is 8.17. The van der Waals surface area contributed by atoms with Crippen LogP contribution in [-0.2, 0) is 21.6 Å². The quantitative estimate of drug-likeness (QED) is 0.253. The number of imide groups is 2. The van der Waals surface area contributed by atoms with E-state index in [1.165, 1.54) is 69.4 Å². The lowest BCUT2D eigenvalue weighted by Crippen LogP contribution is -2.54. The molecule has 5 aliphatic rings. The molecule has 3 aromatic carbocycles. The van der Waals surface area contributed by atoms with Gasteiger partial charge in [-0.3, -0.25) is 14.9 Å². The number of carbonyl (C=O) groups excluding carboxylic acids is 3. The minimum absolute atomic E-state index is 0.133. The predicted octanol–water partition coefficient (Wildman–Crippen LogP) is 6.55. The number of urea groups is 1. The zero-order valence-corrected chi connectivity index (χ0v) is 24.0. The Hall–Kier alpha value is -4.46. The third-order valence-electron chi connectivity index (χ3n) is 9.66. The Morgan fingerprint density at radius 2 is 1.60 bits per heavy atom. The molecule has 0 atom stereocenters. The van der Waals surface area contributed by atoms with Gasteiger partial charge in [0, 0.05) is 0 Å². The normalized spacial score (nSPS) is 27.0.